The molecule has 0 N–H and O–H groups in total. The quantitative estimate of drug-likeness (QED) is 0.544. The second-order valence-electron chi connectivity index (χ2n) is 5.30. The lowest BCUT2D eigenvalue weighted by molar-refractivity contribution is 0.915. The predicted molar refractivity (Wildman–Crippen MR) is 91.2 cm³/mol. The summed E-state index contributed by atoms with van der Waals surface area (Å²) < 4.78 is 1.93. The maximum Gasteiger partial charge on any atom is 0.101 e. The zero-order chi connectivity index (χ0) is 15.6. The second kappa shape index (κ2) is 5.43. The minimum atomic E-state index is 0.647. The summed E-state index contributed by atoms with van der Waals surface area (Å²) in [6.45, 7) is 0. The molecule has 23 heavy (non-hydrogen) atoms. The van der Waals surface area contributed by atoms with Crippen molar-refractivity contribution < 1.29 is 0 Å². The molecule has 0 spiro atoms. The Balaban J connectivity index is 1.96. The molecule has 1 aromatic heterocycles. The molecule has 0 bridgehead atoms. The summed E-state index contributed by atoms with van der Waals surface area (Å²) in [6, 6.07) is 28.0. The smallest absolute Gasteiger partial charge is 0.101 e. The molecule has 0 saturated heterocycles. The molecule has 0 unspecified atom stereocenters. The van der Waals surface area contributed by atoms with Crippen LogP contribution in [0.15, 0.2) is 78.9 Å². The van der Waals surface area contributed by atoms with Crippen LogP contribution in [-0.2, 0) is 0 Å². The molecule has 0 aliphatic rings. The summed E-state index contributed by atoms with van der Waals surface area (Å²) in [5.41, 5.74) is 4.70. The van der Waals surface area contributed by atoms with Crippen molar-refractivity contribution in [3.8, 4) is 23.0 Å². The fourth-order valence-corrected chi connectivity index (χ4v) is 2.75. The summed E-state index contributed by atoms with van der Waals surface area (Å²) in [6.07, 6.45) is 0. The van der Waals surface area contributed by atoms with Crippen molar-refractivity contribution in [3.05, 3.63) is 84.4 Å². The van der Waals surface area contributed by atoms with E-state index in [2.05, 4.69) is 30.3 Å². The van der Waals surface area contributed by atoms with Crippen LogP contribution in [0.3, 0.4) is 0 Å². The van der Waals surface area contributed by atoms with Crippen LogP contribution in [0.25, 0.3) is 27.8 Å². The molecule has 3 heteroatoms. The average Bonchev–Trinajstić information content (AvgIpc) is 3.02. The Kier molecular flexibility index (Phi) is 3.14. The van der Waals surface area contributed by atoms with Crippen LogP contribution in [0.5, 0.6) is 0 Å². The van der Waals surface area contributed by atoms with E-state index in [0.29, 0.717) is 5.56 Å². The molecule has 0 amide bonds. The van der Waals surface area contributed by atoms with E-state index in [4.69, 9.17) is 10.4 Å². The van der Waals surface area contributed by atoms with Crippen molar-refractivity contribution in [2.24, 2.45) is 0 Å². The topological polar surface area (TPSA) is 41.6 Å². The number of rotatable bonds is 2. The van der Waals surface area contributed by atoms with Gasteiger partial charge in [-0.1, -0.05) is 48.5 Å². The summed E-state index contributed by atoms with van der Waals surface area (Å²) >= 11 is 0. The van der Waals surface area contributed by atoms with Crippen LogP contribution in [0, 0.1) is 11.3 Å². The number of fused-ring (bicyclic) bond motifs is 1. The van der Waals surface area contributed by atoms with Crippen LogP contribution in [0.2, 0.25) is 0 Å². The maximum atomic E-state index is 8.95. The van der Waals surface area contributed by atoms with Crippen LogP contribution in [0.4, 0.5) is 0 Å². The van der Waals surface area contributed by atoms with Gasteiger partial charge in [-0.05, 0) is 30.3 Å². The summed E-state index contributed by atoms with van der Waals surface area (Å²) in [4.78, 5) is 0. The number of nitrogens with zero attached hydrogens (tertiary/aromatic N) is 3. The lowest BCUT2D eigenvalue weighted by atomic mass is 10.1. The van der Waals surface area contributed by atoms with Gasteiger partial charge in [0.1, 0.15) is 5.69 Å². The van der Waals surface area contributed by atoms with Gasteiger partial charge in [0.2, 0.25) is 0 Å². The molecule has 3 aromatic carbocycles. The zero-order valence-electron chi connectivity index (χ0n) is 12.3. The van der Waals surface area contributed by atoms with Gasteiger partial charge in [-0.3, -0.25) is 0 Å². The van der Waals surface area contributed by atoms with Crippen molar-refractivity contribution in [2.45, 2.75) is 0 Å². The predicted octanol–water partition coefficient (Wildman–Crippen LogP) is 4.56. The second-order valence-corrected chi connectivity index (χ2v) is 5.30. The van der Waals surface area contributed by atoms with Gasteiger partial charge >= 0.3 is 0 Å². The summed E-state index contributed by atoms with van der Waals surface area (Å²) in [7, 11) is 0. The molecule has 4 rings (SSSR count). The van der Waals surface area contributed by atoms with Gasteiger partial charge in [0.05, 0.1) is 22.8 Å². The highest BCUT2D eigenvalue weighted by molar-refractivity contribution is 5.94. The number of hydrogen-bond acceptors (Lipinski definition) is 2. The van der Waals surface area contributed by atoms with E-state index < -0.39 is 0 Å². The van der Waals surface area contributed by atoms with Gasteiger partial charge in [-0.25, -0.2) is 4.68 Å². The summed E-state index contributed by atoms with van der Waals surface area (Å²) in [5, 5.41) is 14.9. The third-order valence-corrected chi connectivity index (χ3v) is 3.88. The molecule has 4 aromatic rings. The maximum absolute atomic E-state index is 8.95. The molecule has 0 atom stereocenters. The molecular formula is C20H13N3. The van der Waals surface area contributed by atoms with Crippen molar-refractivity contribution in [1.82, 2.24) is 9.78 Å². The Labute approximate surface area is 134 Å². The Morgan fingerprint density at radius 2 is 1.48 bits per heavy atom. The number of benzene rings is 3. The lowest BCUT2D eigenvalue weighted by Gasteiger charge is -2.03. The number of nitriles is 1. The molecule has 1 heterocycles. The third kappa shape index (κ3) is 2.27. The fourth-order valence-electron chi connectivity index (χ4n) is 2.75. The van der Waals surface area contributed by atoms with Gasteiger partial charge in [-0.15, -0.1) is 0 Å². The number of aromatic nitrogens is 2. The Morgan fingerprint density at radius 1 is 0.783 bits per heavy atom. The first-order chi connectivity index (χ1) is 11.4. The van der Waals surface area contributed by atoms with Crippen LogP contribution in [-0.4, -0.2) is 9.78 Å². The molecule has 0 fully saturated rings. The molecule has 0 aliphatic carbocycles. The Morgan fingerprint density at radius 3 is 2.22 bits per heavy atom. The standard InChI is InChI=1S/C20H13N3/c21-14-15-10-12-17(13-11-15)23-19-9-5-4-8-18(19)20(22-23)16-6-2-1-3-7-16/h1-13H. The molecular weight excluding hydrogens is 282 g/mol. The van der Waals surface area contributed by atoms with Crippen LogP contribution < -0.4 is 0 Å². The average molecular weight is 295 g/mol. The van der Waals surface area contributed by atoms with Crippen LogP contribution in [0.1, 0.15) is 5.56 Å². The minimum Gasteiger partial charge on any atom is -0.232 e. The van der Waals surface area contributed by atoms with E-state index in [1.54, 1.807) is 0 Å². The monoisotopic (exact) mass is 295 g/mol. The normalized spacial score (nSPS) is 10.6. The molecule has 0 aliphatic heterocycles. The van der Waals surface area contributed by atoms with E-state index in [-0.39, 0.29) is 0 Å². The Bertz CT molecular complexity index is 1010. The van der Waals surface area contributed by atoms with Gasteiger partial charge in [-0.2, -0.15) is 10.4 Å². The minimum absolute atomic E-state index is 0.647. The number of hydrogen-bond donors (Lipinski definition) is 0. The molecule has 108 valence electrons. The SMILES string of the molecule is N#Cc1ccc(-n2nc(-c3ccccc3)c3ccccc32)cc1. The highest BCUT2D eigenvalue weighted by atomic mass is 15.3. The Hall–Kier alpha value is -3.38. The van der Waals surface area contributed by atoms with Crippen molar-refractivity contribution in [2.75, 3.05) is 0 Å². The largest absolute Gasteiger partial charge is 0.232 e. The van der Waals surface area contributed by atoms with Crippen molar-refractivity contribution in [1.29, 1.82) is 5.26 Å². The fraction of sp³-hybridized carbons (Fsp3) is 0. The lowest BCUT2D eigenvalue weighted by Crippen LogP contribution is -1.96. The van der Waals surface area contributed by atoms with Gasteiger partial charge in [0.25, 0.3) is 0 Å². The van der Waals surface area contributed by atoms with Crippen molar-refractivity contribution >= 4 is 10.9 Å². The number of para-hydroxylation sites is 1. The first-order valence-corrected chi connectivity index (χ1v) is 7.40. The summed E-state index contributed by atoms with van der Waals surface area (Å²) in [5.74, 6) is 0. The first kappa shape index (κ1) is 13.3. The van der Waals surface area contributed by atoms with E-state index in [1.807, 2.05) is 59.3 Å². The zero-order valence-corrected chi connectivity index (χ0v) is 12.3. The van der Waals surface area contributed by atoms with Crippen LogP contribution >= 0.6 is 0 Å². The van der Waals surface area contributed by atoms with E-state index in [0.717, 1.165) is 27.8 Å². The molecule has 0 saturated carbocycles. The van der Waals surface area contributed by atoms with E-state index in [9.17, 15) is 0 Å². The molecule has 3 nitrogen and oxygen atoms in total. The van der Waals surface area contributed by atoms with Gasteiger partial charge in [0, 0.05) is 10.9 Å². The van der Waals surface area contributed by atoms with Gasteiger partial charge in [0.15, 0.2) is 0 Å². The molecule has 0 radical (unpaired) electrons. The van der Waals surface area contributed by atoms with E-state index >= 15 is 0 Å². The van der Waals surface area contributed by atoms with Crippen molar-refractivity contribution in [3.63, 3.8) is 0 Å². The third-order valence-electron chi connectivity index (χ3n) is 3.88. The highest BCUT2D eigenvalue weighted by Gasteiger charge is 2.12. The first-order valence-electron chi connectivity index (χ1n) is 7.40. The van der Waals surface area contributed by atoms with E-state index in [1.165, 1.54) is 0 Å². The highest BCUT2D eigenvalue weighted by Crippen LogP contribution is 2.29. The van der Waals surface area contributed by atoms with Gasteiger partial charge < -0.3 is 0 Å².